The van der Waals surface area contributed by atoms with Crippen molar-refractivity contribution >= 4 is 11.7 Å². The summed E-state index contributed by atoms with van der Waals surface area (Å²) in [6, 6.07) is 13.8. The Balaban J connectivity index is 1.46. The number of aromatic nitrogens is 1. The van der Waals surface area contributed by atoms with Crippen molar-refractivity contribution < 1.29 is 9.53 Å². The Morgan fingerprint density at radius 1 is 1.23 bits per heavy atom. The fraction of sp³-hybridized carbons (Fsp3) is 0.350. The number of pyridine rings is 1. The van der Waals surface area contributed by atoms with Crippen LogP contribution in [-0.4, -0.2) is 48.1 Å². The molecule has 26 heavy (non-hydrogen) atoms. The molecule has 1 aromatic heterocycles. The van der Waals surface area contributed by atoms with Crippen LogP contribution in [0.15, 0.2) is 42.6 Å². The molecule has 2 aliphatic heterocycles. The number of benzene rings is 1. The normalized spacial score (nSPS) is 19.6. The molecule has 0 bridgehead atoms. The predicted octanol–water partition coefficient (Wildman–Crippen LogP) is 1.74. The van der Waals surface area contributed by atoms with Crippen molar-refractivity contribution in [3.05, 3.63) is 59.3 Å². The van der Waals surface area contributed by atoms with Gasteiger partial charge < -0.3 is 14.5 Å². The van der Waals surface area contributed by atoms with Crippen LogP contribution in [0.3, 0.4) is 0 Å². The third-order valence-electron chi connectivity index (χ3n) is 4.98. The van der Waals surface area contributed by atoms with Gasteiger partial charge in [-0.15, -0.1) is 0 Å². The Hall–Kier alpha value is -2.91. The van der Waals surface area contributed by atoms with E-state index in [1.54, 1.807) is 18.3 Å². The fourth-order valence-corrected chi connectivity index (χ4v) is 3.56. The second-order valence-electron chi connectivity index (χ2n) is 6.60. The molecule has 1 amide bonds. The molecule has 2 aromatic rings. The summed E-state index contributed by atoms with van der Waals surface area (Å²) in [7, 11) is 0. The van der Waals surface area contributed by atoms with Crippen molar-refractivity contribution in [3.8, 4) is 6.07 Å². The van der Waals surface area contributed by atoms with E-state index in [-0.39, 0.29) is 5.91 Å². The Morgan fingerprint density at radius 3 is 2.92 bits per heavy atom. The minimum Gasteiger partial charge on any atom is -0.365 e. The highest BCUT2D eigenvalue weighted by Gasteiger charge is 2.32. The van der Waals surface area contributed by atoms with Crippen LogP contribution in [0.4, 0.5) is 5.82 Å². The highest BCUT2D eigenvalue weighted by Crippen LogP contribution is 2.22. The lowest BCUT2D eigenvalue weighted by Crippen LogP contribution is -2.52. The van der Waals surface area contributed by atoms with Gasteiger partial charge in [-0.2, -0.15) is 5.26 Å². The van der Waals surface area contributed by atoms with E-state index in [9.17, 15) is 4.79 Å². The fourth-order valence-electron chi connectivity index (χ4n) is 3.56. The number of fused-ring (bicyclic) bond motifs is 1. The Kier molecular flexibility index (Phi) is 4.55. The van der Waals surface area contributed by atoms with Crippen molar-refractivity contribution in [2.45, 2.75) is 19.1 Å². The molecule has 1 aromatic carbocycles. The first kappa shape index (κ1) is 16.6. The largest absolute Gasteiger partial charge is 0.365 e. The molecule has 2 aliphatic rings. The van der Waals surface area contributed by atoms with Gasteiger partial charge >= 0.3 is 0 Å². The molecule has 0 radical (unpaired) electrons. The number of ether oxygens (including phenoxy) is 1. The smallest absolute Gasteiger partial charge is 0.253 e. The molecule has 0 saturated carbocycles. The molecular formula is C20H20N4O2. The minimum atomic E-state index is -0.499. The maximum absolute atomic E-state index is 13.0. The van der Waals surface area contributed by atoms with E-state index in [0.29, 0.717) is 37.6 Å². The molecular weight excluding hydrogens is 328 g/mol. The van der Waals surface area contributed by atoms with Gasteiger partial charge in [0.25, 0.3) is 5.91 Å². The molecule has 1 atom stereocenters. The van der Waals surface area contributed by atoms with Gasteiger partial charge in [0, 0.05) is 25.8 Å². The summed E-state index contributed by atoms with van der Waals surface area (Å²) < 4.78 is 5.76. The lowest BCUT2D eigenvalue weighted by Gasteiger charge is -2.37. The quantitative estimate of drug-likeness (QED) is 0.827. The Morgan fingerprint density at radius 2 is 2.08 bits per heavy atom. The first-order chi connectivity index (χ1) is 12.7. The van der Waals surface area contributed by atoms with E-state index < -0.39 is 6.10 Å². The summed E-state index contributed by atoms with van der Waals surface area (Å²) in [5.74, 6) is 0.745. The number of carbonyl (C=O) groups excluding carboxylic acids is 1. The molecule has 0 N–H and O–H groups in total. The number of hydrogen-bond acceptors (Lipinski definition) is 5. The molecule has 132 valence electrons. The molecule has 3 heterocycles. The van der Waals surface area contributed by atoms with E-state index >= 15 is 0 Å². The van der Waals surface area contributed by atoms with E-state index in [1.165, 1.54) is 11.1 Å². The number of carbonyl (C=O) groups is 1. The maximum Gasteiger partial charge on any atom is 0.253 e. The molecule has 1 fully saturated rings. The highest BCUT2D eigenvalue weighted by atomic mass is 16.5. The Labute approximate surface area is 152 Å². The first-order valence-electron chi connectivity index (χ1n) is 8.83. The summed E-state index contributed by atoms with van der Waals surface area (Å²) >= 11 is 0. The van der Waals surface area contributed by atoms with Gasteiger partial charge in [-0.3, -0.25) is 4.79 Å². The molecule has 1 saturated heterocycles. The number of nitrogens with zero attached hydrogens (tertiary/aromatic N) is 4. The zero-order valence-corrected chi connectivity index (χ0v) is 14.5. The van der Waals surface area contributed by atoms with E-state index in [0.717, 1.165) is 13.0 Å². The first-order valence-corrected chi connectivity index (χ1v) is 8.83. The maximum atomic E-state index is 13.0. The summed E-state index contributed by atoms with van der Waals surface area (Å²) in [4.78, 5) is 21.2. The van der Waals surface area contributed by atoms with Gasteiger partial charge in [0.2, 0.25) is 0 Å². The van der Waals surface area contributed by atoms with Crippen molar-refractivity contribution in [1.82, 2.24) is 9.88 Å². The molecule has 4 rings (SSSR count). The molecule has 6 heteroatoms. The van der Waals surface area contributed by atoms with Gasteiger partial charge in [0.15, 0.2) is 6.10 Å². The van der Waals surface area contributed by atoms with Crippen LogP contribution in [-0.2, 0) is 22.5 Å². The molecule has 0 aliphatic carbocycles. The SMILES string of the molecule is N#Cc1ccnc(N2CCOC(C(=O)N3CCc4ccccc4C3)C2)c1. The Bertz CT molecular complexity index is 861. The predicted molar refractivity (Wildman–Crippen MR) is 96.5 cm³/mol. The van der Waals surface area contributed by atoms with E-state index in [2.05, 4.69) is 23.2 Å². The lowest BCUT2D eigenvalue weighted by atomic mass is 9.99. The zero-order chi connectivity index (χ0) is 17.9. The number of morpholine rings is 1. The number of rotatable bonds is 2. The number of amides is 1. The second-order valence-corrected chi connectivity index (χ2v) is 6.60. The van der Waals surface area contributed by atoms with Crippen LogP contribution in [0.25, 0.3) is 0 Å². The second kappa shape index (κ2) is 7.14. The standard InChI is InChI=1S/C20H20N4O2/c21-12-15-5-7-22-19(11-15)23-9-10-26-18(14-23)20(25)24-8-6-16-3-1-2-4-17(16)13-24/h1-5,7,11,18H,6,8-10,13-14H2. The van der Waals surface area contributed by atoms with Gasteiger partial charge in [-0.25, -0.2) is 4.98 Å². The molecule has 6 nitrogen and oxygen atoms in total. The lowest BCUT2D eigenvalue weighted by molar-refractivity contribution is -0.145. The number of anilines is 1. The van der Waals surface area contributed by atoms with Crippen LogP contribution in [0.1, 0.15) is 16.7 Å². The van der Waals surface area contributed by atoms with Crippen molar-refractivity contribution in [3.63, 3.8) is 0 Å². The minimum absolute atomic E-state index is 0.0284. The van der Waals surface area contributed by atoms with Crippen LogP contribution in [0.2, 0.25) is 0 Å². The van der Waals surface area contributed by atoms with Crippen LogP contribution in [0.5, 0.6) is 0 Å². The van der Waals surface area contributed by atoms with Gasteiger partial charge in [-0.1, -0.05) is 24.3 Å². The van der Waals surface area contributed by atoms with E-state index in [1.807, 2.05) is 21.9 Å². The third kappa shape index (κ3) is 3.26. The van der Waals surface area contributed by atoms with Gasteiger partial charge in [0.1, 0.15) is 5.82 Å². The van der Waals surface area contributed by atoms with Crippen molar-refractivity contribution in [1.29, 1.82) is 5.26 Å². The highest BCUT2D eigenvalue weighted by molar-refractivity contribution is 5.82. The summed E-state index contributed by atoms with van der Waals surface area (Å²) in [5.41, 5.74) is 3.10. The van der Waals surface area contributed by atoms with Gasteiger partial charge in [-0.05, 0) is 29.7 Å². The van der Waals surface area contributed by atoms with E-state index in [4.69, 9.17) is 10.00 Å². The summed E-state index contributed by atoms with van der Waals surface area (Å²) in [5, 5.41) is 9.07. The van der Waals surface area contributed by atoms with Gasteiger partial charge in [0.05, 0.1) is 24.8 Å². The van der Waals surface area contributed by atoms with Crippen molar-refractivity contribution in [2.75, 3.05) is 31.1 Å². The average molecular weight is 348 g/mol. The summed E-state index contributed by atoms with van der Waals surface area (Å²) in [6.07, 6.45) is 2.01. The number of hydrogen-bond donors (Lipinski definition) is 0. The monoisotopic (exact) mass is 348 g/mol. The molecule has 1 unspecified atom stereocenters. The van der Waals surface area contributed by atoms with Crippen molar-refractivity contribution in [2.24, 2.45) is 0 Å². The average Bonchev–Trinajstić information content (AvgIpc) is 2.73. The third-order valence-corrected chi connectivity index (χ3v) is 4.98. The summed E-state index contributed by atoms with van der Waals surface area (Å²) in [6.45, 7) is 2.95. The van der Waals surface area contributed by atoms with Crippen LogP contribution < -0.4 is 4.90 Å². The van der Waals surface area contributed by atoms with Crippen LogP contribution >= 0.6 is 0 Å². The number of nitriles is 1. The topological polar surface area (TPSA) is 69.5 Å². The van der Waals surface area contributed by atoms with Crippen LogP contribution in [0, 0.1) is 11.3 Å². The zero-order valence-electron chi connectivity index (χ0n) is 14.5. The molecule has 0 spiro atoms.